The predicted molar refractivity (Wildman–Crippen MR) is 133 cm³/mol. The number of nitrogens with zero attached hydrogens (tertiary/aromatic N) is 3. The third kappa shape index (κ3) is 4.16. The lowest BCUT2D eigenvalue weighted by Crippen LogP contribution is -2.37. The van der Waals surface area contributed by atoms with E-state index in [0.29, 0.717) is 39.5 Å². The van der Waals surface area contributed by atoms with Gasteiger partial charge in [-0.3, -0.25) is 14.2 Å². The van der Waals surface area contributed by atoms with Gasteiger partial charge in [-0.2, -0.15) is 0 Å². The van der Waals surface area contributed by atoms with Gasteiger partial charge in [0.1, 0.15) is 5.82 Å². The topological polar surface area (TPSA) is 55.2 Å². The van der Waals surface area contributed by atoms with Crippen LogP contribution in [0.1, 0.15) is 47.2 Å². The zero-order valence-corrected chi connectivity index (χ0v) is 19.9. The van der Waals surface area contributed by atoms with Crippen LogP contribution in [0.4, 0.5) is 0 Å². The minimum absolute atomic E-state index is 0.0927. The quantitative estimate of drug-likeness (QED) is 0.374. The fraction of sp³-hybridized carbons (Fsp3) is 0.222. The summed E-state index contributed by atoms with van der Waals surface area (Å²) in [4.78, 5) is 33.8. The van der Waals surface area contributed by atoms with Crippen molar-refractivity contribution in [2.45, 2.75) is 33.7 Å². The minimum Gasteiger partial charge on any atom is -0.329 e. The molecule has 0 aliphatic rings. The molecular weight excluding hydrogens is 434 g/mol. The largest absolute Gasteiger partial charge is 0.329 e. The first kappa shape index (κ1) is 22.7. The third-order valence-corrected chi connectivity index (χ3v) is 6.25. The highest BCUT2D eigenvalue weighted by atomic mass is 35.5. The van der Waals surface area contributed by atoms with Crippen LogP contribution >= 0.6 is 11.6 Å². The monoisotopic (exact) mass is 459 g/mol. The number of fused-ring (bicyclic) bond motifs is 1. The number of hydrogen-bond donors (Lipinski definition) is 0. The number of benzene rings is 3. The average molecular weight is 460 g/mol. The number of amides is 1. The highest BCUT2D eigenvalue weighted by molar-refractivity contribution is 6.30. The lowest BCUT2D eigenvalue weighted by Gasteiger charge is -2.30. The van der Waals surface area contributed by atoms with E-state index in [0.717, 1.165) is 11.1 Å². The summed E-state index contributed by atoms with van der Waals surface area (Å²) in [6, 6.07) is 19.8. The molecule has 0 radical (unpaired) electrons. The second-order valence-corrected chi connectivity index (χ2v) is 8.58. The van der Waals surface area contributed by atoms with Crippen LogP contribution in [0.5, 0.6) is 0 Å². The van der Waals surface area contributed by atoms with Gasteiger partial charge in [0.25, 0.3) is 11.5 Å². The molecular formula is C27H26ClN3O2. The number of hydrogen-bond acceptors (Lipinski definition) is 3. The molecule has 1 aromatic heterocycles. The van der Waals surface area contributed by atoms with E-state index in [9.17, 15) is 9.59 Å². The molecule has 0 saturated heterocycles. The number of carbonyl (C=O) groups excluding carboxylic acids is 1. The summed E-state index contributed by atoms with van der Waals surface area (Å²) in [6.07, 6.45) is 0. The Morgan fingerprint density at radius 3 is 2.42 bits per heavy atom. The maximum Gasteiger partial charge on any atom is 0.266 e. The van der Waals surface area contributed by atoms with E-state index < -0.39 is 6.04 Å². The molecule has 1 unspecified atom stereocenters. The van der Waals surface area contributed by atoms with Crippen molar-refractivity contribution in [3.05, 3.63) is 105 Å². The van der Waals surface area contributed by atoms with Crippen molar-refractivity contribution in [3.8, 4) is 5.69 Å². The predicted octanol–water partition coefficient (Wildman–Crippen LogP) is 5.88. The van der Waals surface area contributed by atoms with E-state index in [1.54, 1.807) is 21.6 Å². The van der Waals surface area contributed by atoms with Gasteiger partial charge < -0.3 is 4.90 Å². The molecule has 1 heterocycles. The Bertz CT molecular complexity index is 1410. The molecule has 0 aliphatic carbocycles. The number of aromatic nitrogens is 2. The summed E-state index contributed by atoms with van der Waals surface area (Å²) in [5, 5.41) is 1.12. The van der Waals surface area contributed by atoms with E-state index in [-0.39, 0.29) is 11.5 Å². The van der Waals surface area contributed by atoms with Gasteiger partial charge in [0.15, 0.2) is 0 Å². The standard InChI is InChI=1S/C27H26ClN3O2/c1-5-30(26(32)21-11-7-6-10-17(21)2)19(4)25-29-23-13-9-8-12-22(23)27(33)31(25)24-15-14-20(28)16-18(24)3/h6-16,19H,5H2,1-4H3. The molecule has 0 saturated carbocycles. The van der Waals surface area contributed by atoms with Gasteiger partial charge in [0.2, 0.25) is 0 Å². The van der Waals surface area contributed by atoms with Crippen molar-refractivity contribution in [3.63, 3.8) is 0 Å². The summed E-state index contributed by atoms with van der Waals surface area (Å²) in [5.74, 6) is 0.415. The SMILES string of the molecule is CCN(C(=O)c1ccccc1C)C(C)c1nc2ccccc2c(=O)n1-c1ccc(Cl)cc1C. The zero-order valence-electron chi connectivity index (χ0n) is 19.2. The van der Waals surface area contributed by atoms with Crippen LogP contribution in [0.2, 0.25) is 5.02 Å². The Hall–Kier alpha value is -3.44. The number of carbonyl (C=O) groups is 1. The molecule has 0 N–H and O–H groups in total. The minimum atomic E-state index is -0.450. The van der Waals surface area contributed by atoms with Crippen molar-refractivity contribution in [2.75, 3.05) is 6.54 Å². The summed E-state index contributed by atoms with van der Waals surface area (Å²) < 4.78 is 1.62. The highest BCUT2D eigenvalue weighted by Crippen LogP contribution is 2.27. The van der Waals surface area contributed by atoms with Gasteiger partial charge in [-0.25, -0.2) is 4.98 Å². The molecule has 4 rings (SSSR count). The van der Waals surface area contributed by atoms with Gasteiger partial charge in [-0.05, 0) is 75.2 Å². The maximum absolute atomic E-state index is 13.7. The van der Waals surface area contributed by atoms with Gasteiger partial charge in [-0.1, -0.05) is 41.9 Å². The van der Waals surface area contributed by atoms with Crippen LogP contribution < -0.4 is 5.56 Å². The molecule has 5 nitrogen and oxygen atoms in total. The third-order valence-electron chi connectivity index (χ3n) is 6.02. The summed E-state index contributed by atoms with van der Waals surface area (Å²) >= 11 is 6.18. The van der Waals surface area contributed by atoms with Crippen molar-refractivity contribution < 1.29 is 4.79 Å². The van der Waals surface area contributed by atoms with E-state index >= 15 is 0 Å². The first-order valence-corrected chi connectivity index (χ1v) is 11.4. The van der Waals surface area contributed by atoms with E-state index in [4.69, 9.17) is 16.6 Å². The van der Waals surface area contributed by atoms with Gasteiger partial charge in [0.05, 0.1) is 22.6 Å². The van der Waals surface area contributed by atoms with Gasteiger partial charge in [0, 0.05) is 17.1 Å². The molecule has 0 bridgehead atoms. The maximum atomic E-state index is 13.7. The zero-order chi connectivity index (χ0) is 23.7. The molecule has 3 aromatic carbocycles. The van der Waals surface area contributed by atoms with Gasteiger partial charge >= 0.3 is 0 Å². The number of rotatable bonds is 5. The lowest BCUT2D eigenvalue weighted by molar-refractivity contribution is 0.0692. The second kappa shape index (κ2) is 9.20. The van der Waals surface area contributed by atoms with Crippen LogP contribution in [0.15, 0.2) is 71.5 Å². The Morgan fingerprint density at radius 2 is 1.73 bits per heavy atom. The molecule has 0 fully saturated rings. The molecule has 6 heteroatoms. The summed E-state index contributed by atoms with van der Waals surface area (Å²) in [7, 11) is 0. The van der Waals surface area contributed by atoms with Crippen LogP contribution in [0, 0.1) is 13.8 Å². The molecule has 1 amide bonds. The summed E-state index contributed by atoms with van der Waals surface area (Å²) in [5.41, 5.74) is 3.53. The van der Waals surface area contributed by atoms with Crippen molar-refractivity contribution >= 4 is 28.4 Å². The molecule has 4 aromatic rings. The molecule has 1 atom stereocenters. The van der Waals surface area contributed by atoms with Crippen LogP contribution in [-0.4, -0.2) is 26.9 Å². The Balaban J connectivity index is 1.94. The smallest absolute Gasteiger partial charge is 0.266 e. The second-order valence-electron chi connectivity index (χ2n) is 8.14. The summed E-state index contributed by atoms with van der Waals surface area (Å²) in [6.45, 7) is 8.15. The molecule has 0 spiro atoms. The Kier molecular flexibility index (Phi) is 6.34. The highest BCUT2D eigenvalue weighted by Gasteiger charge is 2.27. The van der Waals surface area contributed by atoms with Crippen molar-refractivity contribution in [1.29, 1.82) is 0 Å². The first-order chi connectivity index (χ1) is 15.8. The van der Waals surface area contributed by atoms with Crippen molar-refractivity contribution in [1.82, 2.24) is 14.5 Å². The van der Waals surface area contributed by atoms with E-state index in [1.165, 1.54) is 0 Å². The Morgan fingerprint density at radius 1 is 1.03 bits per heavy atom. The fourth-order valence-electron chi connectivity index (χ4n) is 4.23. The van der Waals surface area contributed by atoms with Crippen LogP contribution in [0.3, 0.4) is 0 Å². The van der Waals surface area contributed by atoms with Crippen molar-refractivity contribution in [2.24, 2.45) is 0 Å². The molecule has 0 aliphatic heterocycles. The number of halogens is 1. The van der Waals surface area contributed by atoms with E-state index in [1.807, 2.05) is 82.3 Å². The molecule has 168 valence electrons. The first-order valence-electron chi connectivity index (χ1n) is 11.0. The van der Waals surface area contributed by atoms with Crippen LogP contribution in [0.25, 0.3) is 16.6 Å². The van der Waals surface area contributed by atoms with Gasteiger partial charge in [-0.15, -0.1) is 0 Å². The van der Waals surface area contributed by atoms with E-state index in [2.05, 4.69) is 0 Å². The fourth-order valence-corrected chi connectivity index (χ4v) is 4.46. The number of aryl methyl sites for hydroxylation is 2. The van der Waals surface area contributed by atoms with Crippen LogP contribution in [-0.2, 0) is 0 Å². The lowest BCUT2D eigenvalue weighted by atomic mass is 10.1. The number of para-hydroxylation sites is 1. The Labute approximate surface area is 198 Å². The normalized spacial score (nSPS) is 12.0. The average Bonchev–Trinajstić information content (AvgIpc) is 2.80. The molecule has 33 heavy (non-hydrogen) atoms.